The molecule has 2 N–H and O–H groups in total. The lowest BCUT2D eigenvalue weighted by molar-refractivity contribution is -0.132. The van der Waals surface area contributed by atoms with Crippen LogP contribution in [0.15, 0.2) is 42.5 Å². The molecule has 0 saturated carbocycles. The summed E-state index contributed by atoms with van der Waals surface area (Å²) in [5, 5.41) is 14.6. The van der Waals surface area contributed by atoms with E-state index in [4.69, 9.17) is 0 Å². The average molecular weight is 353 g/mol. The Bertz CT molecular complexity index is 860. The maximum atomic E-state index is 13.1. The van der Waals surface area contributed by atoms with E-state index in [1.807, 2.05) is 47.4 Å². The molecule has 0 aliphatic carbocycles. The fraction of sp³-hybridized carbons (Fsp3) is 0.400. The molecule has 6 nitrogen and oxygen atoms in total. The van der Waals surface area contributed by atoms with E-state index < -0.39 is 5.54 Å². The summed E-state index contributed by atoms with van der Waals surface area (Å²) in [5.74, 6) is -0.232. The number of benzene rings is 2. The SMILES string of the molecule is C[C@]1(c2ccc3ccccc3c2)NC(=O)N(CN2CCC(O)CC2)C1=O. The van der Waals surface area contributed by atoms with E-state index in [0.717, 1.165) is 16.3 Å². The molecule has 0 spiro atoms. The van der Waals surface area contributed by atoms with Crippen LogP contribution in [-0.4, -0.2) is 52.7 Å². The fourth-order valence-corrected chi connectivity index (χ4v) is 3.78. The number of nitrogens with zero attached hydrogens (tertiary/aromatic N) is 2. The largest absolute Gasteiger partial charge is 0.393 e. The molecule has 2 saturated heterocycles. The predicted molar refractivity (Wildman–Crippen MR) is 98.4 cm³/mol. The van der Waals surface area contributed by atoms with Gasteiger partial charge in [0.15, 0.2) is 0 Å². The molecule has 0 aromatic heterocycles. The van der Waals surface area contributed by atoms with Gasteiger partial charge in [-0.3, -0.25) is 9.69 Å². The summed E-state index contributed by atoms with van der Waals surface area (Å²) in [4.78, 5) is 28.9. The molecule has 6 heteroatoms. The summed E-state index contributed by atoms with van der Waals surface area (Å²) < 4.78 is 0. The summed E-state index contributed by atoms with van der Waals surface area (Å²) >= 11 is 0. The Morgan fingerprint density at radius 1 is 1.12 bits per heavy atom. The van der Waals surface area contributed by atoms with Crippen LogP contribution >= 0.6 is 0 Å². The Kier molecular flexibility index (Phi) is 4.17. The zero-order valence-corrected chi connectivity index (χ0v) is 14.8. The molecule has 2 heterocycles. The standard InChI is InChI=1S/C20H23N3O3/c1-20(16-7-6-14-4-2-3-5-15(14)12-16)18(25)23(19(26)21-20)13-22-10-8-17(24)9-11-22/h2-7,12,17,24H,8-11,13H2,1H3,(H,21,26)/t20-/m1/s1. The third-order valence-electron chi connectivity index (χ3n) is 5.50. The quantitative estimate of drug-likeness (QED) is 0.828. The lowest BCUT2D eigenvalue weighted by Gasteiger charge is -2.32. The molecule has 136 valence electrons. The van der Waals surface area contributed by atoms with Crippen LogP contribution in [0.3, 0.4) is 0 Å². The van der Waals surface area contributed by atoms with Crippen molar-refractivity contribution in [3.63, 3.8) is 0 Å². The van der Waals surface area contributed by atoms with Crippen molar-refractivity contribution in [2.45, 2.75) is 31.4 Å². The zero-order valence-electron chi connectivity index (χ0n) is 14.8. The summed E-state index contributed by atoms with van der Waals surface area (Å²) in [7, 11) is 0. The molecule has 26 heavy (non-hydrogen) atoms. The fourth-order valence-electron chi connectivity index (χ4n) is 3.78. The predicted octanol–water partition coefficient (Wildman–Crippen LogP) is 2.02. The van der Waals surface area contributed by atoms with Crippen LogP contribution in [0.5, 0.6) is 0 Å². The molecular weight excluding hydrogens is 330 g/mol. The van der Waals surface area contributed by atoms with Crippen molar-refractivity contribution in [3.8, 4) is 0 Å². The van der Waals surface area contributed by atoms with Crippen LogP contribution in [0.1, 0.15) is 25.3 Å². The second-order valence-electron chi connectivity index (χ2n) is 7.34. The van der Waals surface area contributed by atoms with Gasteiger partial charge in [0, 0.05) is 13.1 Å². The number of carbonyl (C=O) groups excluding carboxylic acids is 2. The highest BCUT2D eigenvalue weighted by Gasteiger charge is 2.49. The van der Waals surface area contributed by atoms with Crippen molar-refractivity contribution in [1.82, 2.24) is 15.1 Å². The van der Waals surface area contributed by atoms with Crippen molar-refractivity contribution in [3.05, 3.63) is 48.0 Å². The van der Waals surface area contributed by atoms with Gasteiger partial charge in [-0.05, 0) is 42.2 Å². The first-order valence-corrected chi connectivity index (χ1v) is 9.01. The van der Waals surface area contributed by atoms with E-state index in [2.05, 4.69) is 5.32 Å². The Hall–Kier alpha value is -2.44. The van der Waals surface area contributed by atoms with Crippen molar-refractivity contribution in [2.75, 3.05) is 19.8 Å². The summed E-state index contributed by atoms with van der Waals surface area (Å²) in [5.41, 5.74) is -0.276. The van der Waals surface area contributed by atoms with Crippen LogP contribution in [0, 0.1) is 0 Å². The number of piperidine rings is 1. The van der Waals surface area contributed by atoms with E-state index in [-0.39, 0.29) is 24.7 Å². The number of hydrogen-bond acceptors (Lipinski definition) is 4. The van der Waals surface area contributed by atoms with Crippen molar-refractivity contribution >= 4 is 22.7 Å². The smallest absolute Gasteiger partial charge is 0.326 e. The topological polar surface area (TPSA) is 72.9 Å². The molecule has 3 amide bonds. The van der Waals surface area contributed by atoms with Crippen LogP contribution in [0.4, 0.5) is 4.79 Å². The van der Waals surface area contributed by atoms with E-state index in [1.54, 1.807) is 6.92 Å². The molecule has 2 aromatic carbocycles. The molecule has 0 radical (unpaired) electrons. The van der Waals surface area contributed by atoms with E-state index in [1.165, 1.54) is 4.90 Å². The van der Waals surface area contributed by atoms with Gasteiger partial charge in [0.1, 0.15) is 5.54 Å². The number of hydrogen-bond donors (Lipinski definition) is 2. The molecule has 2 aromatic rings. The average Bonchev–Trinajstić information content (AvgIpc) is 2.87. The van der Waals surface area contributed by atoms with Gasteiger partial charge in [-0.15, -0.1) is 0 Å². The van der Waals surface area contributed by atoms with E-state index >= 15 is 0 Å². The van der Waals surface area contributed by atoms with Crippen LogP contribution < -0.4 is 5.32 Å². The number of urea groups is 1. The van der Waals surface area contributed by atoms with Crippen LogP contribution in [0.2, 0.25) is 0 Å². The molecule has 2 aliphatic heterocycles. The second-order valence-corrected chi connectivity index (χ2v) is 7.34. The monoisotopic (exact) mass is 353 g/mol. The molecule has 2 fully saturated rings. The van der Waals surface area contributed by atoms with Crippen molar-refractivity contribution in [2.24, 2.45) is 0 Å². The Morgan fingerprint density at radius 2 is 1.81 bits per heavy atom. The number of fused-ring (bicyclic) bond motifs is 1. The van der Waals surface area contributed by atoms with Gasteiger partial charge in [0.05, 0.1) is 12.8 Å². The minimum Gasteiger partial charge on any atom is -0.393 e. The minimum absolute atomic E-state index is 0.232. The van der Waals surface area contributed by atoms with Gasteiger partial charge in [0.25, 0.3) is 5.91 Å². The Labute approximate surface area is 152 Å². The molecule has 0 bridgehead atoms. The van der Waals surface area contributed by atoms with Gasteiger partial charge < -0.3 is 10.4 Å². The van der Waals surface area contributed by atoms with Gasteiger partial charge >= 0.3 is 6.03 Å². The van der Waals surface area contributed by atoms with Crippen LogP contribution in [-0.2, 0) is 10.3 Å². The Balaban J connectivity index is 1.58. The van der Waals surface area contributed by atoms with Gasteiger partial charge in [-0.1, -0.05) is 36.4 Å². The number of aliphatic hydroxyl groups is 1. The first kappa shape index (κ1) is 17.0. The lowest BCUT2D eigenvalue weighted by atomic mass is 9.90. The van der Waals surface area contributed by atoms with Crippen molar-refractivity contribution < 1.29 is 14.7 Å². The van der Waals surface area contributed by atoms with Gasteiger partial charge in [-0.25, -0.2) is 9.69 Å². The van der Waals surface area contributed by atoms with E-state index in [0.29, 0.717) is 25.9 Å². The summed E-state index contributed by atoms with van der Waals surface area (Å²) in [6.45, 7) is 3.40. The Morgan fingerprint density at radius 3 is 2.54 bits per heavy atom. The summed E-state index contributed by atoms with van der Waals surface area (Å²) in [6, 6.07) is 13.4. The van der Waals surface area contributed by atoms with Gasteiger partial charge in [0.2, 0.25) is 0 Å². The molecule has 0 unspecified atom stereocenters. The highest BCUT2D eigenvalue weighted by atomic mass is 16.3. The maximum Gasteiger partial charge on any atom is 0.326 e. The first-order chi connectivity index (χ1) is 12.5. The van der Waals surface area contributed by atoms with Crippen molar-refractivity contribution in [1.29, 1.82) is 0 Å². The molecule has 1 atom stereocenters. The molecular formula is C20H23N3O3. The normalized spacial score (nSPS) is 25.1. The van der Waals surface area contributed by atoms with E-state index in [9.17, 15) is 14.7 Å². The van der Waals surface area contributed by atoms with Gasteiger partial charge in [-0.2, -0.15) is 0 Å². The number of likely N-dealkylation sites (tertiary alicyclic amines) is 1. The number of rotatable bonds is 3. The maximum absolute atomic E-state index is 13.1. The molecule has 4 rings (SSSR count). The molecule has 2 aliphatic rings. The zero-order chi connectivity index (χ0) is 18.3. The number of imide groups is 1. The van der Waals surface area contributed by atoms with Crippen LogP contribution in [0.25, 0.3) is 10.8 Å². The minimum atomic E-state index is -1.06. The summed E-state index contributed by atoms with van der Waals surface area (Å²) in [6.07, 6.45) is 1.06. The highest BCUT2D eigenvalue weighted by Crippen LogP contribution is 2.31. The first-order valence-electron chi connectivity index (χ1n) is 9.01. The third-order valence-corrected chi connectivity index (χ3v) is 5.50. The lowest BCUT2D eigenvalue weighted by Crippen LogP contribution is -2.46. The number of amides is 3. The number of nitrogens with one attached hydrogen (secondary N) is 1. The number of carbonyl (C=O) groups is 2. The second kappa shape index (κ2) is 6.37. The third kappa shape index (κ3) is 2.85. The number of aliphatic hydroxyl groups excluding tert-OH is 1. The highest BCUT2D eigenvalue weighted by molar-refractivity contribution is 6.07.